The monoisotopic (exact) mass is 520 g/mol. The van der Waals surface area contributed by atoms with E-state index < -0.39 is 30.3 Å². The summed E-state index contributed by atoms with van der Waals surface area (Å²) in [6.07, 6.45) is -1.01. The molecule has 0 saturated carbocycles. The van der Waals surface area contributed by atoms with Crippen LogP contribution in [0.3, 0.4) is 0 Å². The lowest BCUT2D eigenvalue weighted by atomic mass is 10.0. The molecule has 1 aliphatic rings. The van der Waals surface area contributed by atoms with Crippen LogP contribution in [0.4, 0.5) is 24.1 Å². The Kier molecular flexibility index (Phi) is 10.8. The van der Waals surface area contributed by atoms with E-state index in [9.17, 15) is 18.4 Å². The Morgan fingerprint density at radius 2 is 1.86 bits per heavy atom. The molecule has 1 atom stereocenters. The van der Waals surface area contributed by atoms with Crippen LogP contribution in [0.15, 0.2) is 42.5 Å². The molecular formula is C27H34F2N2O6. The summed E-state index contributed by atoms with van der Waals surface area (Å²) in [4.78, 5) is 36.2. The molecule has 1 saturated heterocycles. The molecule has 1 aliphatic heterocycles. The van der Waals surface area contributed by atoms with E-state index in [2.05, 4.69) is 4.74 Å². The smallest absolute Gasteiger partial charge is 0.414 e. The van der Waals surface area contributed by atoms with E-state index in [4.69, 9.17) is 14.3 Å². The lowest BCUT2D eigenvalue weighted by Crippen LogP contribution is -2.37. The molecule has 0 bridgehead atoms. The first kappa shape index (κ1) is 29.5. The first-order valence-corrected chi connectivity index (χ1v) is 11.9. The SMILES string of the molecule is CC1CN(c2ccc(-c3ccc(CN(CCCF)C(=O)OC(C)(C)C)cc3)c(F)c2)C(=O)O1.COC=O. The highest BCUT2D eigenvalue weighted by Crippen LogP contribution is 2.29. The van der Waals surface area contributed by atoms with Crippen molar-refractivity contribution in [2.75, 3.05) is 31.8 Å². The van der Waals surface area contributed by atoms with Gasteiger partial charge in [0.1, 0.15) is 17.5 Å². The van der Waals surface area contributed by atoms with Crippen molar-refractivity contribution in [1.29, 1.82) is 0 Å². The number of cyclic esters (lactones) is 1. The average molecular weight is 521 g/mol. The molecule has 0 aromatic heterocycles. The number of benzene rings is 2. The van der Waals surface area contributed by atoms with Crippen LogP contribution in [0.1, 0.15) is 39.7 Å². The van der Waals surface area contributed by atoms with E-state index >= 15 is 0 Å². The predicted molar refractivity (Wildman–Crippen MR) is 135 cm³/mol. The Balaban J connectivity index is 0.00000112. The van der Waals surface area contributed by atoms with Gasteiger partial charge in [-0.15, -0.1) is 0 Å². The van der Waals surface area contributed by atoms with Crippen LogP contribution < -0.4 is 4.90 Å². The van der Waals surface area contributed by atoms with Crippen molar-refractivity contribution in [3.05, 3.63) is 53.8 Å². The number of halogens is 2. The van der Waals surface area contributed by atoms with Crippen LogP contribution in [0, 0.1) is 5.82 Å². The fraction of sp³-hybridized carbons (Fsp3) is 0.444. The van der Waals surface area contributed by atoms with Gasteiger partial charge in [-0.05, 0) is 63.4 Å². The van der Waals surface area contributed by atoms with E-state index in [0.29, 0.717) is 29.8 Å². The number of carbonyl (C=O) groups excluding carboxylic acids is 3. The maximum Gasteiger partial charge on any atom is 0.414 e. The van der Waals surface area contributed by atoms with E-state index in [1.165, 1.54) is 23.0 Å². The molecule has 2 aromatic carbocycles. The van der Waals surface area contributed by atoms with Gasteiger partial charge in [0, 0.05) is 18.7 Å². The van der Waals surface area contributed by atoms with Crippen LogP contribution in [-0.4, -0.2) is 62.1 Å². The third kappa shape index (κ3) is 9.04. The minimum atomic E-state index is -0.650. The Hall–Kier alpha value is -3.69. The van der Waals surface area contributed by atoms with Crippen LogP contribution in [-0.2, 0) is 25.5 Å². The zero-order chi connectivity index (χ0) is 27.6. The maximum atomic E-state index is 14.8. The van der Waals surface area contributed by atoms with E-state index in [-0.39, 0.29) is 25.6 Å². The highest BCUT2D eigenvalue weighted by atomic mass is 19.1. The van der Waals surface area contributed by atoms with Crippen LogP contribution in [0.2, 0.25) is 0 Å². The number of ether oxygens (including phenoxy) is 3. The first-order chi connectivity index (χ1) is 17.5. The lowest BCUT2D eigenvalue weighted by Gasteiger charge is -2.27. The Labute approximate surface area is 216 Å². The zero-order valence-electron chi connectivity index (χ0n) is 21.8. The van der Waals surface area contributed by atoms with Gasteiger partial charge in [0.15, 0.2) is 0 Å². The lowest BCUT2D eigenvalue weighted by molar-refractivity contribution is -0.126. The summed E-state index contributed by atoms with van der Waals surface area (Å²) in [5.74, 6) is -0.453. The second-order valence-corrected chi connectivity index (χ2v) is 9.44. The molecule has 10 heteroatoms. The van der Waals surface area contributed by atoms with Gasteiger partial charge in [0.05, 0.1) is 26.0 Å². The Bertz CT molecular complexity index is 1060. The van der Waals surface area contributed by atoms with Gasteiger partial charge < -0.3 is 19.1 Å². The molecule has 0 spiro atoms. The molecule has 1 fully saturated rings. The van der Waals surface area contributed by atoms with Gasteiger partial charge in [-0.25, -0.2) is 14.0 Å². The second kappa shape index (κ2) is 13.6. The molecule has 202 valence electrons. The quantitative estimate of drug-likeness (QED) is 0.327. The molecule has 1 unspecified atom stereocenters. The predicted octanol–water partition coefficient (Wildman–Crippen LogP) is 5.72. The summed E-state index contributed by atoms with van der Waals surface area (Å²) in [6, 6.07) is 11.8. The number of rotatable bonds is 8. The number of hydrogen-bond donors (Lipinski definition) is 0. The van der Waals surface area contributed by atoms with Gasteiger partial charge >= 0.3 is 12.2 Å². The van der Waals surface area contributed by atoms with Crippen molar-refractivity contribution in [1.82, 2.24) is 4.90 Å². The molecular weight excluding hydrogens is 486 g/mol. The number of amides is 2. The summed E-state index contributed by atoms with van der Waals surface area (Å²) >= 11 is 0. The van der Waals surface area contributed by atoms with E-state index in [1.807, 2.05) is 0 Å². The number of hydrogen-bond acceptors (Lipinski definition) is 6. The Morgan fingerprint density at radius 1 is 1.22 bits per heavy atom. The Morgan fingerprint density at radius 3 is 2.35 bits per heavy atom. The summed E-state index contributed by atoms with van der Waals surface area (Å²) < 4.78 is 41.9. The van der Waals surface area contributed by atoms with Crippen molar-refractivity contribution >= 4 is 24.3 Å². The van der Waals surface area contributed by atoms with E-state index in [1.54, 1.807) is 64.1 Å². The first-order valence-electron chi connectivity index (χ1n) is 11.9. The van der Waals surface area contributed by atoms with Gasteiger partial charge in [-0.2, -0.15) is 0 Å². The fourth-order valence-corrected chi connectivity index (χ4v) is 3.54. The third-order valence-corrected chi connectivity index (χ3v) is 5.17. The highest BCUT2D eigenvalue weighted by molar-refractivity contribution is 5.90. The van der Waals surface area contributed by atoms with Gasteiger partial charge in [0.25, 0.3) is 6.47 Å². The van der Waals surface area contributed by atoms with Crippen LogP contribution in [0.25, 0.3) is 11.1 Å². The molecule has 0 aliphatic carbocycles. The third-order valence-electron chi connectivity index (χ3n) is 5.17. The van der Waals surface area contributed by atoms with Crippen molar-refractivity contribution in [2.24, 2.45) is 0 Å². The standard InChI is InChI=1S/C25H30F2N2O4.C2H4O2/c1-17-15-29(24(31)32-17)20-10-11-21(22(27)14-20)19-8-6-18(7-9-19)16-28(13-5-12-26)23(30)33-25(2,3)4;1-4-2-3/h6-11,14,17H,5,12-13,15-16H2,1-4H3;2H,1H3. The molecule has 0 radical (unpaired) electrons. The topological polar surface area (TPSA) is 85.4 Å². The number of carbonyl (C=O) groups is 3. The van der Waals surface area contributed by atoms with Crippen molar-refractivity contribution in [3.8, 4) is 11.1 Å². The number of nitrogens with zero attached hydrogens (tertiary/aromatic N) is 2. The normalized spacial score (nSPS) is 14.8. The molecule has 2 amide bonds. The van der Waals surface area contributed by atoms with Crippen molar-refractivity contribution < 1.29 is 37.4 Å². The van der Waals surface area contributed by atoms with Gasteiger partial charge in [-0.1, -0.05) is 24.3 Å². The fourth-order valence-electron chi connectivity index (χ4n) is 3.54. The molecule has 2 aromatic rings. The molecule has 8 nitrogen and oxygen atoms in total. The largest absolute Gasteiger partial charge is 0.471 e. The van der Waals surface area contributed by atoms with Gasteiger partial charge in [-0.3, -0.25) is 14.1 Å². The maximum absolute atomic E-state index is 14.8. The second-order valence-electron chi connectivity index (χ2n) is 9.44. The zero-order valence-corrected chi connectivity index (χ0v) is 21.8. The molecule has 37 heavy (non-hydrogen) atoms. The summed E-state index contributed by atoms with van der Waals surface area (Å²) in [7, 11) is 1.31. The molecule has 3 rings (SSSR count). The number of anilines is 1. The molecule has 0 N–H and O–H groups in total. The van der Waals surface area contributed by atoms with Crippen LogP contribution >= 0.6 is 0 Å². The molecule has 1 heterocycles. The van der Waals surface area contributed by atoms with E-state index in [0.717, 1.165) is 5.56 Å². The summed E-state index contributed by atoms with van der Waals surface area (Å²) in [5.41, 5.74) is 1.67. The minimum Gasteiger partial charge on any atom is -0.471 e. The minimum absolute atomic E-state index is 0.220. The van der Waals surface area contributed by atoms with Crippen molar-refractivity contribution in [3.63, 3.8) is 0 Å². The van der Waals surface area contributed by atoms with Crippen molar-refractivity contribution in [2.45, 2.75) is 52.4 Å². The summed E-state index contributed by atoms with van der Waals surface area (Å²) in [5, 5.41) is 0. The average Bonchev–Trinajstić information content (AvgIpc) is 3.19. The highest BCUT2D eigenvalue weighted by Gasteiger charge is 2.29. The van der Waals surface area contributed by atoms with Crippen LogP contribution in [0.5, 0.6) is 0 Å². The summed E-state index contributed by atoms with van der Waals surface area (Å²) in [6.45, 7) is 7.84. The number of methoxy groups -OCH3 is 1. The number of alkyl halides is 1. The van der Waals surface area contributed by atoms with Gasteiger partial charge in [0.2, 0.25) is 0 Å².